The van der Waals surface area contributed by atoms with E-state index in [0.717, 1.165) is 11.3 Å². The molecule has 14 heavy (non-hydrogen) atoms. The Labute approximate surface area is 82.6 Å². The Bertz CT molecular complexity index is 446. The van der Waals surface area contributed by atoms with Gasteiger partial charge in [0.1, 0.15) is 5.69 Å². The molecule has 0 aliphatic carbocycles. The van der Waals surface area contributed by atoms with Crippen molar-refractivity contribution in [3.63, 3.8) is 0 Å². The van der Waals surface area contributed by atoms with Crippen molar-refractivity contribution in [2.45, 2.75) is 6.92 Å². The molecule has 0 fully saturated rings. The van der Waals surface area contributed by atoms with Crippen LogP contribution in [0, 0.1) is 6.92 Å². The highest BCUT2D eigenvalue weighted by Crippen LogP contribution is 2.29. The Morgan fingerprint density at radius 1 is 1.21 bits per heavy atom. The largest absolute Gasteiger partial charge is 0.504 e. The summed E-state index contributed by atoms with van der Waals surface area (Å²) in [5.74, 6) is 0.263. The first-order valence-corrected chi connectivity index (χ1v) is 4.48. The summed E-state index contributed by atoms with van der Waals surface area (Å²) in [6.45, 7) is 1.84. The Hall–Kier alpha value is -1.77. The molecule has 0 aliphatic rings. The third-order valence-electron chi connectivity index (χ3n) is 2.35. The van der Waals surface area contributed by atoms with Gasteiger partial charge in [-0.25, -0.2) is 0 Å². The molecule has 0 spiro atoms. The molecule has 0 saturated heterocycles. The van der Waals surface area contributed by atoms with Crippen molar-refractivity contribution in [1.82, 2.24) is 9.78 Å². The van der Waals surface area contributed by atoms with Gasteiger partial charge < -0.3 is 5.11 Å². The number of rotatable bonds is 1. The first-order chi connectivity index (χ1) is 6.70. The standard InChI is InChI=1S/C11H12N2O/c1-8-11(14)10(12-13(8)2)9-6-4-3-5-7-9/h3-7,14H,1-2H3. The van der Waals surface area contributed by atoms with Gasteiger partial charge in [0.05, 0.1) is 5.69 Å². The lowest BCUT2D eigenvalue weighted by Gasteiger charge is -1.95. The van der Waals surface area contributed by atoms with Crippen LogP contribution in [0.5, 0.6) is 5.75 Å². The maximum Gasteiger partial charge on any atom is 0.164 e. The third-order valence-corrected chi connectivity index (χ3v) is 2.35. The van der Waals surface area contributed by atoms with Crippen molar-refractivity contribution in [3.05, 3.63) is 36.0 Å². The number of aryl methyl sites for hydroxylation is 1. The van der Waals surface area contributed by atoms with Crippen LogP contribution in [0.25, 0.3) is 11.3 Å². The first-order valence-electron chi connectivity index (χ1n) is 4.48. The van der Waals surface area contributed by atoms with Gasteiger partial charge in [0.2, 0.25) is 0 Å². The van der Waals surface area contributed by atoms with Crippen molar-refractivity contribution < 1.29 is 5.11 Å². The van der Waals surface area contributed by atoms with Crippen LogP contribution >= 0.6 is 0 Å². The van der Waals surface area contributed by atoms with Crippen LogP contribution in [0.1, 0.15) is 5.69 Å². The molecule has 0 atom stereocenters. The van der Waals surface area contributed by atoms with Crippen LogP contribution in [0.15, 0.2) is 30.3 Å². The Morgan fingerprint density at radius 3 is 2.36 bits per heavy atom. The van der Waals surface area contributed by atoms with E-state index in [1.54, 1.807) is 4.68 Å². The molecule has 3 nitrogen and oxygen atoms in total. The number of hydrogen-bond acceptors (Lipinski definition) is 2. The van der Waals surface area contributed by atoms with Crippen molar-refractivity contribution in [2.24, 2.45) is 7.05 Å². The van der Waals surface area contributed by atoms with Gasteiger partial charge in [-0.15, -0.1) is 0 Å². The van der Waals surface area contributed by atoms with E-state index in [1.165, 1.54) is 0 Å². The predicted octanol–water partition coefficient (Wildman–Crippen LogP) is 2.10. The van der Waals surface area contributed by atoms with E-state index in [2.05, 4.69) is 5.10 Å². The Balaban J connectivity index is 2.58. The number of hydrogen-bond donors (Lipinski definition) is 1. The van der Waals surface area contributed by atoms with Crippen LogP contribution in [0.4, 0.5) is 0 Å². The Kier molecular flexibility index (Phi) is 2.00. The van der Waals surface area contributed by atoms with Gasteiger partial charge in [-0.3, -0.25) is 4.68 Å². The molecule has 0 radical (unpaired) electrons. The minimum atomic E-state index is 0.263. The second-order valence-electron chi connectivity index (χ2n) is 3.27. The maximum atomic E-state index is 9.79. The minimum absolute atomic E-state index is 0.263. The molecule has 1 aromatic carbocycles. The molecular formula is C11H12N2O. The first kappa shape index (κ1) is 8.81. The summed E-state index contributed by atoms with van der Waals surface area (Å²) in [4.78, 5) is 0. The van der Waals surface area contributed by atoms with Gasteiger partial charge in [-0.2, -0.15) is 5.10 Å². The normalized spacial score (nSPS) is 10.4. The number of benzene rings is 1. The van der Waals surface area contributed by atoms with Crippen molar-refractivity contribution >= 4 is 0 Å². The fourth-order valence-electron chi connectivity index (χ4n) is 1.39. The summed E-state index contributed by atoms with van der Waals surface area (Å²) in [6.07, 6.45) is 0. The SMILES string of the molecule is Cc1c(O)c(-c2ccccc2)nn1C. The maximum absolute atomic E-state index is 9.79. The van der Waals surface area contributed by atoms with Crippen LogP contribution in [-0.4, -0.2) is 14.9 Å². The number of aromatic hydroxyl groups is 1. The zero-order valence-corrected chi connectivity index (χ0v) is 8.23. The lowest BCUT2D eigenvalue weighted by Crippen LogP contribution is -1.92. The minimum Gasteiger partial charge on any atom is -0.504 e. The summed E-state index contributed by atoms with van der Waals surface area (Å²) < 4.78 is 1.68. The molecular weight excluding hydrogens is 176 g/mol. The van der Waals surface area contributed by atoms with Crippen LogP contribution in [-0.2, 0) is 7.05 Å². The molecule has 1 heterocycles. The second-order valence-corrected chi connectivity index (χ2v) is 3.27. The molecule has 1 aromatic heterocycles. The van der Waals surface area contributed by atoms with E-state index < -0.39 is 0 Å². The van der Waals surface area contributed by atoms with Crippen molar-refractivity contribution in [3.8, 4) is 17.0 Å². The average Bonchev–Trinajstić information content (AvgIpc) is 2.47. The number of nitrogens with zero attached hydrogens (tertiary/aromatic N) is 2. The van der Waals surface area contributed by atoms with Gasteiger partial charge in [-0.1, -0.05) is 30.3 Å². The third kappa shape index (κ3) is 1.27. The van der Waals surface area contributed by atoms with Gasteiger partial charge >= 0.3 is 0 Å². The van der Waals surface area contributed by atoms with E-state index in [-0.39, 0.29) is 5.75 Å². The summed E-state index contributed by atoms with van der Waals surface area (Å²) in [5, 5.41) is 14.0. The van der Waals surface area contributed by atoms with Crippen molar-refractivity contribution in [2.75, 3.05) is 0 Å². The molecule has 2 rings (SSSR count). The molecule has 1 N–H and O–H groups in total. The predicted molar refractivity (Wildman–Crippen MR) is 55.0 cm³/mol. The van der Waals surface area contributed by atoms with Gasteiger partial charge in [0, 0.05) is 12.6 Å². The van der Waals surface area contributed by atoms with E-state index in [0.29, 0.717) is 5.69 Å². The van der Waals surface area contributed by atoms with E-state index in [1.807, 2.05) is 44.3 Å². The monoisotopic (exact) mass is 188 g/mol. The van der Waals surface area contributed by atoms with Gasteiger partial charge in [0.25, 0.3) is 0 Å². The lowest BCUT2D eigenvalue weighted by molar-refractivity contribution is 0.471. The molecule has 0 aliphatic heterocycles. The summed E-state index contributed by atoms with van der Waals surface area (Å²) in [6, 6.07) is 9.66. The summed E-state index contributed by atoms with van der Waals surface area (Å²) in [7, 11) is 1.82. The molecule has 0 saturated carbocycles. The summed E-state index contributed by atoms with van der Waals surface area (Å²) >= 11 is 0. The van der Waals surface area contributed by atoms with Crippen molar-refractivity contribution in [1.29, 1.82) is 0 Å². The van der Waals surface area contributed by atoms with E-state index in [4.69, 9.17) is 0 Å². The van der Waals surface area contributed by atoms with E-state index in [9.17, 15) is 5.11 Å². The average molecular weight is 188 g/mol. The fourth-order valence-corrected chi connectivity index (χ4v) is 1.39. The topological polar surface area (TPSA) is 38.1 Å². The Morgan fingerprint density at radius 2 is 1.86 bits per heavy atom. The fraction of sp³-hybridized carbons (Fsp3) is 0.182. The number of aromatic nitrogens is 2. The molecule has 2 aromatic rings. The molecule has 3 heteroatoms. The zero-order valence-electron chi connectivity index (χ0n) is 8.23. The molecule has 0 amide bonds. The molecule has 0 bridgehead atoms. The lowest BCUT2D eigenvalue weighted by atomic mass is 10.1. The zero-order chi connectivity index (χ0) is 10.1. The van der Waals surface area contributed by atoms with Crippen LogP contribution in [0.2, 0.25) is 0 Å². The summed E-state index contributed by atoms with van der Waals surface area (Å²) in [5.41, 5.74) is 2.36. The van der Waals surface area contributed by atoms with Gasteiger partial charge in [-0.05, 0) is 6.92 Å². The van der Waals surface area contributed by atoms with Crippen LogP contribution < -0.4 is 0 Å². The smallest absolute Gasteiger partial charge is 0.164 e. The second kappa shape index (κ2) is 3.18. The van der Waals surface area contributed by atoms with E-state index >= 15 is 0 Å². The molecule has 0 unspecified atom stereocenters. The quantitative estimate of drug-likeness (QED) is 0.744. The van der Waals surface area contributed by atoms with Gasteiger partial charge in [0.15, 0.2) is 5.75 Å². The highest BCUT2D eigenvalue weighted by atomic mass is 16.3. The highest BCUT2D eigenvalue weighted by Gasteiger charge is 2.12. The molecule has 72 valence electrons. The van der Waals surface area contributed by atoms with Crippen LogP contribution in [0.3, 0.4) is 0 Å². The highest BCUT2D eigenvalue weighted by molar-refractivity contribution is 5.66.